The standard InChI is InChI=1S/C17H31N3O4S/c1-14(2)6-10-25(22,23)17-18-11-16(20(17)8-9-24-3)12-19-7-4-5-15(19)13-21/h11,14-15,21H,4-10,12-13H2,1-3H3/t15-/m0/s1. The Morgan fingerprint density at radius 1 is 1.44 bits per heavy atom. The number of aliphatic hydroxyl groups excluding tert-OH is 1. The molecule has 1 aromatic heterocycles. The summed E-state index contributed by atoms with van der Waals surface area (Å²) in [6.07, 6.45) is 4.30. The third-order valence-corrected chi connectivity index (χ3v) is 6.39. The highest BCUT2D eigenvalue weighted by Crippen LogP contribution is 2.22. The van der Waals surface area contributed by atoms with E-state index in [1.54, 1.807) is 17.9 Å². The van der Waals surface area contributed by atoms with Crippen LogP contribution in [0.3, 0.4) is 0 Å². The average Bonchev–Trinajstić information content (AvgIpc) is 3.18. The van der Waals surface area contributed by atoms with Crippen LogP contribution in [-0.4, -0.2) is 66.6 Å². The molecular weight excluding hydrogens is 342 g/mol. The van der Waals surface area contributed by atoms with E-state index < -0.39 is 9.84 Å². The second-order valence-corrected chi connectivity index (χ2v) is 9.13. The number of sulfone groups is 1. The van der Waals surface area contributed by atoms with E-state index in [4.69, 9.17) is 4.74 Å². The van der Waals surface area contributed by atoms with Gasteiger partial charge in [0.05, 0.1) is 30.9 Å². The fourth-order valence-electron chi connectivity index (χ4n) is 3.19. The Labute approximate surface area is 150 Å². The molecule has 1 atom stereocenters. The smallest absolute Gasteiger partial charge is 0.227 e. The van der Waals surface area contributed by atoms with Crippen LogP contribution in [0.4, 0.5) is 0 Å². The lowest BCUT2D eigenvalue weighted by atomic mass is 10.2. The maximum atomic E-state index is 12.7. The summed E-state index contributed by atoms with van der Waals surface area (Å²) in [5, 5.41) is 9.64. The van der Waals surface area contributed by atoms with Crippen molar-refractivity contribution in [3.8, 4) is 0 Å². The Morgan fingerprint density at radius 2 is 2.20 bits per heavy atom. The van der Waals surface area contributed by atoms with Crippen LogP contribution in [-0.2, 0) is 27.7 Å². The summed E-state index contributed by atoms with van der Waals surface area (Å²) in [4.78, 5) is 6.44. The quantitative estimate of drug-likeness (QED) is 0.666. The molecule has 0 bridgehead atoms. The summed E-state index contributed by atoms with van der Waals surface area (Å²) < 4.78 is 32.3. The lowest BCUT2D eigenvalue weighted by molar-refractivity contribution is 0.148. The van der Waals surface area contributed by atoms with Gasteiger partial charge in [0.25, 0.3) is 0 Å². The van der Waals surface area contributed by atoms with Crippen LogP contribution >= 0.6 is 0 Å². The van der Waals surface area contributed by atoms with Crippen molar-refractivity contribution in [1.82, 2.24) is 14.5 Å². The summed E-state index contributed by atoms with van der Waals surface area (Å²) in [6.45, 7) is 6.56. The van der Waals surface area contributed by atoms with Gasteiger partial charge >= 0.3 is 0 Å². The Hall–Kier alpha value is -0.960. The minimum absolute atomic E-state index is 0.108. The molecule has 1 fully saturated rings. The van der Waals surface area contributed by atoms with Gasteiger partial charge in [-0.05, 0) is 31.7 Å². The molecule has 8 heteroatoms. The van der Waals surface area contributed by atoms with Crippen molar-refractivity contribution in [2.45, 2.75) is 57.4 Å². The molecule has 25 heavy (non-hydrogen) atoms. The normalized spacial score (nSPS) is 19.2. The molecule has 0 spiro atoms. The van der Waals surface area contributed by atoms with Gasteiger partial charge in [-0.25, -0.2) is 13.4 Å². The van der Waals surface area contributed by atoms with Crippen molar-refractivity contribution in [2.75, 3.05) is 32.6 Å². The topological polar surface area (TPSA) is 84.7 Å². The number of hydrogen-bond acceptors (Lipinski definition) is 6. The van der Waals surface area contributed by atoms with Crippen molar-refractivity contribution in [1.29, 1.82) is 0 Å². The first-order valence-corrected chi connectivity index (χ1v) is 10.6. The van der Waals surface area contributed by atoms with Gasteiger partial charge in [0.2, 0.25) is 15.0 Å². The monoisotopic (exact) mass is 373 g/mol. The molecule has 0 aliphatic carbocycles. The van der Waals surface area contributed by atoms with E-state index in [9.17, 15) is 13.5 Å². The lowest BCUT2D eigenvalue weighted by Crippen LogP contribution is -2.32. The van der Waals surface area contributed by atoms with E-state index in [1.165, 1.54) is 0 Å². The van der Waals surface area contributed by atoms with E-state index in [-0.39, 0.29) is 23.6 Å². The Kier molecular flexibility index (Phi) is 7.42. The summed E-state index contributed by atoms with van der Waals surface area (Å²) in [5.41, 5.74) is 0.862. The Balaban J connectivity index is 2.24. The first kappa shape index (κ1) is 20.4. The van der Waals surface area contributed by atoms with Crippen LogP contribution < -0.4 is 0 Å². The molecule has 1 saturated heterocycles. The van der Waals surface area contributed by atoms with Crippen LogP contribution in [0.1, 0.15) is 38.8 Å². The highest BCUT2D eigenvalue weighted by molar-refractivity contribution is 7.91. The molecule has 1 aliphatic heterocycles. The van der Waals surface area contributed by atoms with Gasteiger partial charge in [-0.3, -0.25) is 4.90 Å². The zero-order chi connectivity index (χ0) is 18.4. The van der Waals surface area contributed by atoms with E-state index in [1.807, 2.05) is 13.8 Å². The highest BCUT2D eigenvalue weighted by atomic mass is 32.2. The Morgan fingerprint density at radius 3 is 2.84 bits per heavy atom. The predicted octanol–water partition coefficient (Wildman–Crippen LogP) is 1.31. The number of likely N-dealkylation sites (tertiary alicyclic amines) is 1. The maximum Gasteiger partial charge on any atom is 0.227 e. The van der Waals surface area contributed by atoms with Crippen LogP contribution in [0.25, 0.3) is 0 Å². The molecular formula is C17H31N3O4S. The van der Waals surface area contributed by atoms with Crippen LogP contribution in [0.2, 0.25) is 0 Å². The van der Waals surface area contributed by atoms with Crippen molar-refractivity contribution in [3.63, 3.8) is 0 Å². The van der Waals surface area contributed by atoms with Crippen molar-refractivity contribution >= 4 is 9.84 Å². The van der Waals surface area contributed by atoms with Gasteiger partial charge in [-0.2, -0.15) is 0 Å². The number of methoxy groups -OCH3 is 1. The molecule has 0 unspecified atom stereocenters. The number of imidazole rings is 1. The number of ether oxygens (including phenoxy) is 1. The molecule has 7 nitrogen and oxygen atoms in total. The third-order valence-electron chi connectivity index (χ3n) is 4.74. The van der Waals surface area contributed by atoms with Crippen molar-refractivity contribution in [3.05, 3.63) is 11.9 Å². The lowest BCUT2D eigenvalue weighted by Gasteiger charge is -2.23. The molecule has 144 valence electrons. The van der Waals surface area contributed by atoms with Gasteiger partial charge in [-0.1, -0.05) is 13.8 Å². The van der Waals surface area contributed by atoms with E-state index in [0.29, 0.717) is 32.0 Å². The minimum atomic E-state index is -3.42. The number of aromatic nitrogens is 2. The Bertz CT molecular complexity index is 642. The number of aliphatic hydroxyl groups is 1. The molecule has 1 N–H and O–H groups in total. The number of rotatable bonds is 10. The largest absolute Gasteiger partial charge is 0.395 e. The van der Waals surface area contributed by atoms with Crippen molar-refractivity contribution in [2.24, 2.45) is 5.92 Å². The molecule has 0 saturated carbocycles. The van der Waals surface area contributed by atoms with Crippen molar-refractivity contribution < 1.29 is 18.3 Å². The van der Waals surface area contributed by atoms with E-state index >= 15 is 0 Å². The second-order valence-electron chi connectivity index (χ2n) is 7.13. The summed E-state index contributed by atoms with van der Waals surface area (Å²) in [6, 6.07) is 0.145. The van der Waals surface area contributed by atoms with E-state index in [0.717, 1.165) is 25.1 Å². The maximum absolute atomic E-state index is 12.7. The fourth-order valence-corrected chi connectivity index (χ4v) is 4.91. The molecule has 1 aromatic rings. The fraction of sp³-hybridized carbons (Fsp3) is 0.824. The molecule has 2 rings (SSSR count). The second kappa shape index (κ2) is 9.12. The van der Waals surface area contributed by atoms with Crippen LogP contribution in [0.15, 0.2) is 11.4 Å². The highest BCUT2D eigenvalue weighted by Gasteiger charge is 2.28. The zero-order valence-corrected chi connectivity index (χ0v) is 16.3. The SMILES string of the molecule is COCCn1c(CN2CCC[C@H]2CO)cnc1S(=O)(=O)CCC(C)C. The average molecular weight is 374 g/mol. The first-order valence-electron chi connectivity index (χ1n) is 9.00. The predicted molar refractivity (Wildman–Crippen MR) is 96.1 cm³/mol. The first-order chi connectivity index (χ1) is 11.9. The molecule has 0 amide bonds. The van der Waals surface area contributed by atoms with Gasteiger partial charge in [-0.15, -0.1) is 0 Å². The van der Waals surface area contributed by atoms with Gasteiger partial charge in [0, 0.05) is 26.2 Å². The van der Waals surface area contributed by atoms with Gasteiger partial charge in [0.1, 0.15) is 0 Å². The number of hydrogen-bond donors (Lipinski definition) is 1. The summed E-state index contributed by atoms with van der Waals surface area (Å²) in [7, 11) is -1.82. The summed E-state index contributed by atoms with van der Waals surface area (Å²) >= 11 is 0. The minimum Gasteiger partial charge on any atom is -0.395 e. The van der Waals surface area contributed by atoms with Gasteiger partial charge in [0.15, 0.2) is 0 Å². The van der Waals surface area contributed by atoms with Crippen LogP contribution in [0, 0.1) is 5.92 Å². The zero-order valence-electron chi connectivity index (χ0n) is 15.5. The van der Waals surface area contributed by atoms with E-state index in [2.05, 4.69) is 9.88 Å². The molecule has 2 heterocycles. The molecule has 0 radical (unpaired) electrons. The molecule has 1 aliphatic rings. The van der Waals surface area contributed by atoms with Gasteiger partial charge < -0.3 is 14.4 Å². The third kappa shape index (κ3) is 5.26. The summed E-state index contributed by atoms with van der Waals surface area (Å²) in [5.74, 6) is 0.434. The molecule has 0 aromatic carbocycles. The van der Waals surface area contributed by atoms with Crippen LogP contribution in [0.5, 0.6) is 0 Å². The number of nitrogens with zero attached hydrogens (tertiary/aromatic N) is 3.